The Kier molecular flexibility index (Phi) is 4.94. The van der Waals surface area contributed by atoms with Gasteiger partial charge >= 0.3 is 5.97 Å². The van der Waals surface area contributed by atoms with Gasteiger partial charge in [-0.05, 0) is 26.2 Å². The van der Waals surface area contributed by atoms with Gasteiger partial charge in [0, 0.05) is 6.04 Å². The van der Waals surface area contributed by atoms with Gasteiger partial charge in [-0.15, -0.1) is 0 Å². The number of ether oxygens (including phenoxy) is 1. The Labute approximate surface area is 86.2 Å². The van der Waals surface area contributed by atoms with Crippen LogP contribution in [-0.2, 0) is 9.53 Å². The van der Waals surface area contributed by atoms with E-state index >= 15 is 0 Å². The first-order valence-electron chi connectivity index (χ1n) is 5.66. The second-order valence-electron chi connectivity index (χ2n) is 4.07. The van der Waals surface area contributed by atoms with Gasteiger partial charge in [-0.25, -0.2) is 0 Å². The molecule has 1 aliphatic rings. The smallest absolute Gasteiger partial charge is 0.323 e. The fourth-order valence-corrected chi connectivity index (χ4v) is 1.74. The summed E-state index contributed by atoms with van der Waals surface area (Å²) in [4.78, 5) is 11.5. The summed E-state index contributed by atoms with van der Waals surface area (Å²) in [5.41, 5.74) is 0. The summed E-state index contributed by atoms with van der Waals surface area (Å²) >= 11 is 0. The van der Waals surface area contributed by atoms with E-state index in [0.29, 0.717) is 12.6 Å². The molecule has 3 heteroatoms. The molecule has 1 saturated heterocycles. The molecule has 82 valence electrons. The number of carbonyl (C=O) groups is 1. The van der Waals surface area contributed by atoms with E-state index in [1.165, 1.54) is 0 Å². The van der Waals surface area contributed by atoms with Crippen molar-refractivity contribution in [3.8, 4) is 0 Å². The lowest BCUT2D eigenvalue weighted by molar-refractivity contribution is -0.145. The van der Waals surface area contributed by atoms with Crippen molar-refractivity contribution >= 4 is 5.97 Å². The Bertz CT molecular complexity index is 182. The third-order valence-corrected chi connectivity index (χ3v) is 2.65. The van der Waals surface area contributed by atoms with E-state index < -0.39 is 0 Å². The molecule has 1 rings (SSSR count). The number of rotatable bonds is 5. The number of esters is 1. The van der Waals surface area contributed by atoms with Crippen molar-refractivity contribution in [2.45, 2.75) is 58.0 Å². The third-order valence-electron chi connectivity index (χ3n) is 2.65. The predicted octanol–water partition coefficient (Wildman–Crippen LogP) is 1.86. The summed E-state index contributed by atoms with van der Waals surface area (Å²) < 4.78 is 5.17. The minimum absolute atomic E-state index is 0.0494. The minimum atomic E-state index is -0.0644. The Balaban J connectivity index is 2.09. The topological polar surface area (TPSA) is 38.3 Å². The van der Waals surface area contributed by atoms with Crippen LogP contribution in [0.2, 0.25) is 0 Å². The predicted molar refractivity (Wildman–Crippen MR) is 56.1 cm³/mol. The van der Waals surface area contributed by atoms with Crippen LogP contribution in [0, 0.1) is 0 Å². The summed E-state index contributed by atoms with van der Waals surface area (Å²) in [6.07, 6.45) is 5.30. The highest BCUT2D eigenvalue weighted by Gasteiger charge is 2.27. The molecule has 1 heterocycles. The van der Waals surface area contributed by atoms with Crippen LogP contribution in [0.15, 0.2) is 0 Å². The summed E-state index contributed by atoms with van der Waals surface area (Å²) in [5.74, 6) is -0.0644. The molecule has 0 saturated carbocycles. The Morgan fingerprint density at radius 2 is 2.21 bits per heavy atom. The Morgan fingerprint density at radius 3 is 2.79 bits per heavy atom. The van der Waals surface area contributed by atoms with Crippen LogP contribution < -0.4 is 5.32 Å². The molecule has 0 amide bonds. The number of hydrogen-bond donors (Lipinski definition) is 1. The zero-order chi connectivity index (χ0) is 10.4. The number of nitrogens with one attached hydrogen (secondary N) is 1. The van der Waals surface area contributed by atoms with E-state index in [1.54, 1.807) is 0 Å². The average Bonchev–Trinajstić information content (AvgIpc) is 2.59. The molecule has 0 aliphatic carbocycles. The van der Waals surface area contributed by atoms with Crippen molar-refractivity contribution in [2.75, 3.05) is 6.61 Å². The van der Waals surface area contributed by atoms with Crippen molar-refractivity contribution in [3.05, 3.63) is 0 Å². The van der Waals surface area contributed by atoms with Gasteiger partial charge < -0.3 is 10.1 Å². The Hall–Kier alpha value is -0.570. The zero-order valence-electron chi connectivity index (χ0n) is 9.21. The molecular weight excluding hydrogens is 178 g/mol. The summed E-state index contributed by atoms with van der Waals surface area (Å²) in [6.45, 7) is 4.83. The van der Waals surface area contributed by atoms with Gasteiger partial charge in [0.25, 0.3) is 0 Å². The second-order valence-corrected chi connectivity index (χ2v) is 4.07. The van der Waals surface area contributed by atoms with Crippen LogP contribution in [0.3, 0.4) is 0 Å². The van der Waals surface area contributed by atoms with E-state index in [2.05, 4.69) is 19.2 Å². The van der Waals surface area contributed by atoms with Gasteiger partial charge in [0.2, 0.25) is 0 Å². The summed E-state index contributed by atoms with van der Waals surface area (Å²) in [6, 6.07) is 0.412. The van der Waals surface area contributed by atoms with Gasteiger partial charge in [0.05, 0.1) is 6.61 Å². The fourth-order valence-electron chi connectivity index (χ4n) is 1.74. The van der Waals surface area contributed by atoms with E-state index in [4.69, 9.17) is 4.74 Å². The molecule has 1 N–H and O–H groups in total. The molecule has 0 aromatic heterocycles. The zero-order valence-corrected chi connectivity index (χ0v) is 9.21. The normalized spacial score (nSPS) is 26.4. The molecular formula is C11H21NO2. The quantitative estimate of drug-likeness (QED) is 0.542. The second kappa shape index (κ2) is 6.02. The van der Waals surface area contributed by atoms with Gasteiger partial charge in [-0.3, -0.25) is 4.79 Å². The van der Waals surface area contributed by atoms with Crippen molar-refractivity contribution < 1.29 is 9.53 Å². The number of hydrogen-bond acceptors (Lipinski definition) is 3. The standard InChI is InChI=1S/C11H21NO2/c1-3-4-5-8-14-11(13)10-7-6-9(2)12-10/h9-10,12H,3-8H2,1-2H3/t9-,10-/m0/s1. The molecule has 1 aliphatic heterocycles. The van der Waals surface area contributed by atoms with Gasteiger partial charge in [-0.1, -0.05) is 19.8 Å². The van der Waals surface area contributed by atoms with Gasteiger partial charge in [0.1, 0.15) is 6.04 Å². The lowest BCUT2D eigenvalue weighted by Crippen LogP contribution is -2.35. The Morgan fingerprint density at radius 1 is 1.43 bits per heavy atom. The van der Waals surface area contributed by atoms with E-state index in [-0.39, 0.29) is 12.0 Å². The molecule has 2 atom stereocenters. The van der Waals surface area contributed by atoms with Crippen LogP contribution in [-0.4, -0.2) is 24.7 Å². The molecule has 0 spiro atoms. The maximum atomic E-state index is 11.5. The van der Waals surface area contributed by atoms with Crippen molar-refractivity contribution in [1.29, 1.82) is 0 Å². The van der Waals surface area contributed by atoms with E-state index in [0.717, 1.165) is 32.1 Å². The monoisotopic (exact) mass is 199 g/mol. The van der Waals surface area contributed by atoms with Crippen LogP contribution in [0.5, 0.6) is 0 Å². The van der Waals surface area contributed by atoms with Crippen LogP contribution in [0.25, 0.3) is 0 Å². The molecule has 0 radical (unpaired) electrons. The molecule has 3 nitrogen and oxygen atoms in total. The highest BCUT2D eigenvalue weighted by molar-refractivity contribution is 5.76. The van der Waals surface area contributed by atoms with E-state index in [1.807, 2.05) is 0 Å². The third kappa shape index (κ3) is 3.66. The van der Waals surface area contributed by atoms with Crippen molar-refractivity contribution in [2.24, 2.45) is 0 Å². The molecule has 0 aromatic rings. The minimum Gasteiger partial charge on any atom is -0.465 e. The first-order valence-corrected chi connectivity index (χ1v) is 5.66. The van der Waals surface area contributed by atoms with Gasteiger partial charge in [0.15, 0.2) is 0 Å². The number of unbranched alkanes of at least 4 members (excludes halogenated alkanes) is 2. The molecule has 14 heavy (non-hydrogen) atoms. The molecule has 0 unspecified atom stereocenters. The van der Waals surface area contributed by atoms with Crippen LogP contribution in [0.1, 0.15) is 46.0 Å². The lowest BCUT2D eigenvalue weighted by atomic mass is 10.2. The maximum absolute atomic E-state index is 11.5. The molecule has 0 aromatic carbocycles. The highest BCUT2D eigenvalue weighted by Crippen LogP contribution is 2.12. The van der Waals surface area contributed by atoms with E-state index in [9.17, 15) is 4.79 Å². The van der Waals surface area contributed by atoms with Crippen LogP contribution in [0.4, 0.5) is 0 Å². The fraction of sp³-hybridized carbons (Fsp3) is 0.909. The first kappa shape index (κ1) is 11.5. The maximum Gasteiger partial charge on any atom is 0.323 e. The van der Waals surface area contributed by atoms with Crippen molar-refractivity contribution in [3.63, 3.8) is 0 Å². The molecule has 0 bridgehead atoms. The number of carbonyl (C=O) groups excluding carboxylic acids is 1. The van der Waals surface area contributed by atoms with Crippen molar-refractivity contribution in [1.82, 2.24) is 5.32 Å². The summed E-state index contributed by atoms with van der Waals surface area (Å²) in [7, 11) is 0. The molecule has 1 fully saturated rings. The average molecular weight is 199 g/mol. The SMILES string of the molecule is CCCCCOC(=O)[C@@H]1CC[C@H](C)N1. The lowest BCUT2D eigenvalue weighted by Gasteiger charge is -2.11. The summed E-state index contributed by atoms with van der Waals surface area (Å²) in [5, 5.41) is 3.22. The van der Waals surface area contributed by atoms with Crippen LogP contribution >= 0.6 is 0 Å². The largest absolute Gasteiger partial charge is 0.465 e. The van der Waals surface area contributed by atoms with Gasteiger partial charge in [-0.2, -0.15) is 0 Å². The highest BCUT2D eigenvalue weighted by atomic mass is 16.5. The first-order chi connectivity index (χ1) is 6.74.